The molecule has 2 aromatic rings. The summed E-state index contributed by atoms with van der Waals surface area (Å²) in [6.45, 7) is 0. The number of ketones is 1. The Kier molecular flexibility index (Phi) is 3.88. The third-order valence-electron chi connectivity index (χ3n) is 2.79. The second kappa shape index (κ2) is 5.45. The topological polar surface area (TPSA) is 17.1 Å². The second-order valence-electron chi connectivity index (χ2n) is 4.30. The van der Waals surface area contributed by atoms with Gasteiger partial charge >= 0.3 is 6.18 Å². The third kappa shape index (κ3) is 3.44. The SMILES string of the molecule is O=C(Cc1ccc(C(F)(F)F)cc1)c1cccc(F)c1. The minimum atomic E-state index is -4.40. The fourth-order valence-electron chi connectivity index (χ4n) is 1.76. The number of alkyl halides is 3. The van der Waals surface area contributed by atoms with Gasteiger partial charge < -0.3 is 0 Å². The zero-order valence-corrected chi connectivity index (χ0v) is 10.2. The van der Waals surface area contributed by atoms with Crippen molar-refractivity contribution in [3.05, 3.63) is 71.0 Å². The smallest absolute Gasteiger partial charge is 0.294 e. The van der Waals surface area contributed by atoms with Crippen molar-refractivity contribution in [1.29, 1.82) is 0 Å². The molecule has 2 rings (SSSR count). The average Bonchev–Trinajstić information content (AvgIpc) is 2.38. The predicted octanol–water partition coefficient (Wildman–Crippen LogP) is 4.27. The number of Topliss-reactive ketones (excluding diaryl/α,β-unsaturated/α-hetero) is 1. The maximum atomic E-state index is 13.0. The zero-order valence-electron chi connectivity index (χ0n) is 10.2. The molecule has 0 amide bonds. The van der Waals surface area contributed by atoms with Crippen LogP contribution in [0.25, 0.3) is 0 Å². The fourth-order valence-corrected chi connectivity index (χ4v) is 1.76. The first-order chi connectivity index (χ1) is 9.36. The summed E-state index contributed by atoms with van der Waals surface area (Å²) >= 11 is 0. The lowest BCUT2D eigenvalue weighted by Gasteiger charge is -2.07. The number of carbonyl (C=O) groups excluding carboxylic acids is 1. The van der Waals surface area contributed by atoms with Crippen LogP contribution in [0.15, 0.2) is 48.5 Å². The van der Waals surface area contributed by atoms with Crippen molar-refractivity contribution in [2.24, 2.45) is 0 Å². The van der Waals surface area contributed by atoms with Crippen molar-refractivity contribution in [3.63, 3.8) is 0 Å². The van der Waals surface area contributed by atoms with Gasteiger partial charge in [0.05, 0.1) is 5.56 Å². The van der Waals surface area contributed by atoms with Crippen molar-refractivity contribution < 1.29 is 22.4 Å². The molecule has 0 radical (unpaired) electrons. The van der Waals surface area contributed by atoms with Crippen LogP contribution in [0.3, 0.4) is 0 Å². The molecule has 0 aliphatic carbocycles. The molecule has 20 heavy (non-hydrogen) atoms. The van der Waals surface area contributed by atoms with Gasteiger partial charge in [-0.3, -0.25) is 4.79 Å². The van der Waals surface area contributed by atoms with Gasteiger partial charge in [0, 0.05) is 12.0 Å². The molecule has 0 unspecified atom stereocenters. The van der Waals surface area contributed by atoms with Crippen LogP contribution in [0.4, 0.5) is 17.6 Å². The number of hydrogen-bond donors (Lipinski definition) is 0. The molecule has 0 saturated carbocycles. The number of hydrogen-bond acceptors (Lipinski definition) is 1. The van der Waals surface area contributed by atoms with E-state index in [1.54, 1.807) is 0 Å². The van der Waals surface area contributed by atoms with E-state index in [9.17, 15) is 22.4 Å². The highest BCUT2D eigenvalue weighted by atomic mass is 19.4. The highest BCUT2D eigenvalue weighted by Gasteiger charge is 2.29. The van der Waals surface area contributed by atoms with Crippen molar-refractivity contribution in [2.45, 2.75) is 12.6 Å². The minimum absolute atomic E-state index is 0.0679. The summed E-state index contributed by atoms with van der Waals surface area (Å²) in [4.78, 5) is 11.9. The van der Waals surface area contributed by atoms with Gasteiger partial charge in [0.25, 0.3) is 0 Å². The lowest BCUT2D eigenvalue weighted by atomic mass is 10.0. The maximum Gasteiger partial charge on any atom is 0.416 e. The molecular weight excluding hydrogens is 272 g/mol. The Morgan fingerprint density at radius 1 is 1.00 bits per heavy atom. The number of rotatable bonds is 3. The van der Waals surface area contributed by atoms with Gasteiger partial charge in [-0.1, -0.05) is 24.3 Å². The molecule has 0 N–H and O–H groups in total. The Morgan fingerprint density at radius 2 is 1.65 bits per heavy atom. The predicted molar refractivity (Wildman–Crippen MR) is 65.9 cm³/mol. The zero-order chi connectivity index (χ0) is 14.8. The van der Waals surface area contributed by atoms with Crippen LogP contribution in [-0.4, -0.2) is 5.78 Å². The van der Waals surface area contributed by atoms with Gasteiger partial charge in [-0.2, -0.15) is 13.2 Å². The van der Waals surface area contributed by atoms with Crippen LogP contribution in [-0.2, 0) is 12.6 Å². The summed E-state index contributed by atoms with van der Waals surface area (Å²) in [6, 6.07) is 9.55. The van der Waals surface area contributed by atoms with Gasteiger partial charge in [0.1, 0.15) is 5.82 Å². The molecule has 0 aromatic heterocycles. The van der Waals surface area contributed by atoms with Gasteiger partial charge in [-0.25, -0.2) is 4.39 Å². The Bertz CT molecular complexity index is 615. The number of carbonyl (C=O) groups is 1. The van der Waals surface area contributed by atoms with Crippen molar-refractivity contribution in [1.82, 2.24) is 0 Å². The Labute approximate surface area is 112 Å². The van der Waals surface area contributed by atoms with E-state index in [1.165, 1.54) is 30.3 Å². The van der Waals surface area contributed by atoms with Crippen LogP contribution in [0.2, 0.25) is 0 Å². The molecule has 104 valence electrons. The molecule has 0 aliphatic heterocycles. The molecule has 0 atom stereocenters. The van der Waals surface area contributed by atoms with Gasteiger partial charge in [-0.05, 0) is 29.8 Å². The molecular formula is C15H10F4O. The fraction of sp³-hybridized carbons (Fsp3) is 0.133. The minimum Gasteiger partial charge on any atom is -0.294 e. The first kappa shape index (κ1) is 14.2. The van der Waals surface area contributed by atoms with E-state index in [-0.39, 0.29) is 17.8 Å². The van der Waals surface area contributed by atoms with Crippen LogP contribution in [0.5, 0.6) is 0 Å². The summed E-state index contributed by atoms with van der Waals surface area (Å²) in [6.07, 6.45) is -4.47. The summed E-state index contributed by atoms with van der Waals surface area (Å²) in [5.41, 5.74) is -0.114. The normalized spacial score (nSPS) is 11.4. The number of benzene rings is 2. The van der Waals surface area contributed by atoms with Crippen molar-refractivity contribution in [3.8, 4) is 0 Å². The lowest BCUT2D eigenvalue weighted by Crippen LogP contribution is -2.06. The van der Waals surface area contributed by atoms with Crippen LogP contribution >= 0.6 is 0 Å². The Balaban J connectivity index is 2.12. The summed E-state index contributed by atoms with van der Waals surface area (Å²) < 4.78 is 50.1. The molecule has 5 heteroatoms. The molecule has 1 nitrogen and oxygen atoms in total. The third-order valence-corrected chi connectivity index (χ3v) is 2.79. The standard InChI is InChI=1S/C15H10F4O/c16-13-3-1-2-11(9-13)14(20)8-10-4-6-12(7-5-10)15(17,18)19/h1-7,9H,8H2. The molecule has 2 aromatic carbocycles. The van der Waals surface area contributed by atoms with E-state index in [4.69, 9.17) is 0 Å². The van der Waals surface area contributed by atoms with E-state index in [0.717, 1.165) is 18.2 Å². The quantitative estimate of drug-likeness (QED) is 0.607. The number of halogens is 4. The largest absolute Gasteiger partial charge is 0.416 e. The van der Waals surface area contributed by atoms with Gasteiger partial charge in [-0.15, -0.1) is 0 Å². The van der Waals surface area contributed by atoms with E-state index < -0.39 is 17.6 Å². The highest BCUT2D eigenvalue weighted by Crippen LogP contribution is 2.29. The first-order valence-corrected chi connectivity index (χ1v) is 5.81. The highest BCUT2D eigenvalue weighted by molar-refractivity contribution is 5.97. The second-order valence-corrected chi connectivity index (χ2v) is 4.30. The molecule has 0 spiro atoms. The van der Waals surface area contributed by atoms with E-state index >= 15 is 0 Å². The Hall–Kier alpha value is -2.17. The van der Waals surface area contributed by atoms with Crippen LogP contribution < -0.4 is 0 Å². The van der Waals surface area contributed by atoms with E-state index in [2.05, 4.69) is 0 Å². The van der Waals surface area contributed by atoms with E-state index in [0.29, 0.717) is 5.56 Å². The molecule has 0 fully saturated rings. The van der Waals surface area contributed by atoms with Gasteiger partial charge in [0.15, 0.2) is 5.78 Å². The lowest BCUT2D eigenvalue weighted by molar-refractivity contribution is -0.137. The van der Waals surface area contributed by atoms with Crippen LogP contribution in [0.1, 0.15) is 21.5 Å². The van der Waals surface area contributed by atoms with Crippen molar-refractivity contribution in [2.75, 3.05) is 0 Å². The maximum absolute atomic E-state index is 13.0. The first-order valence-electron chi connectivity index (χ1n) is 5.81. The molecule has 0 bridgehead atoms. The molecule has 0 saturated heterocycles. The molecule has 0 aliphatic rings. The van der Waals surface area contributed by atoms with Crippen LogP contribution in [0, 0.1) is 5.82 Å². The Morgan fingerprint density at radius 3 is 2.20 bits per heavy atom. The molecule has 0 heterocycles. The van der Waals surface area contributed by atoms with E-state index in [1.807, 2.05) is 0 Å². The van der Waals surface area contributed by atoms with Gasteiger partial charge in [0.2, 0.25) is 0 Å². The summed E-state index contributed by atoms with van der Waals surface area (Å²) in [5.74, 6) is -0.868. The summed E-state index contributed by atoms with van der Waals surface area (Å²) in [5, 5.41) is 0. The monoisotopic (exact) mass is 282 g/mol. The van der Waals surface area contributed by atoms with Crippen molar-refractivity contribution >= 4 is 5.78 Å². The average molecular weight is 282 g/mol. The summed E-state index contributed by atoms with van der Waals surface area (Å²) in [7, 11) is 0.